The van der Waals surface area contributed by atoms with Crippen molar-refractivity contribution >= 4 is 5.91 Å². The highest BCUT2D eigenvalue weighted by molar-refractivity contribution is 5.92. The third-order valence-corrected chi connectivity index (χ3v) is 4.04. The Balaban J connectivity index is 1.70. The Morgan fingerprint density at radius 2 is 2.32 bits per heavy atom. The second-order valence-electron chi connectivity index (χ2n) is 5.49. The van der Waals surface area contributed by atoms with Gasteiger partial charge in [-0.2, -0.15) is 5.10 Å². The first-order chi connectivity index (χ1) is 10.7. The number of nitrogens with zero attached hydrogens (tertiary/aromatic N) is 5. The molecule has 0 aromatic carbocycles. The normalized spacial score (nSPS) is 17.9. The zero-order chi connectivity index (χ0) is 15.5. The second kappa shape index (κ2) is 6.23. The summed E-state index contributed by atoms with van der Waals surface area (Å²) in [6.07, 6.45) is 6.07. The highest BCUT2D eigenvalue weighted by atomic mass is 16.3. The van der Waals surface area contributed by atoms with Gasteiger partial charge in [-0.3, -0.25) is 14.5 Å². The maximum atomic E-state index is 12.4. The minimum absolute atomic E-state index is 0.0814. The molecule has 0 radical (unpaired) electrons. The maximum Gasteiger partial charge on any atom is 0.274 e. The van der Waals surface area contributed by atoms with Crippen LogP contribution >= 0.6 is 0 Å². The van der Waals surface area contributed by atoms with E-state index in [1.807, 2.05) is 13.1 Å². The number of hydrogen-bond acceptors (Lipinski definition) is 5. The largest absolute Gasteiger partial charge is 0.396 e. The second-order valence-corrected chi connectivity index (χ2v) is 5.49. The van der Waals surface area contributed by atoms with Crippen molar-refractivity contribution in [3.8, 4) is 0 Å². The molecule has 1 atom stereocenters. The van der Waals surface area contributed by atoms with Crippen LogP contribution in [0.5, 0.6) is 0 Å². The Morgan fingerprint density at radius 3 is 3.05 bits per heavy atom. The van der Waals surface area contributed by atoms with Crippen LogP contribution < -0.4 is 0 Å². The molecule has 0 spiro atoms. The molecule has 116 valence electrons. The van der Waals surface area contributed by atoms with Crippen LogP contribution in [0.2, 0.25) is 0 Å². The Morgan fingerprint density at radius 1 is 1.45 bits per heavy atom. The fraction of sp³-hybridized carbons (Fsp3) is 0.467. The van der Waals surface area contributed by atoms with Crippen LogP contribution in [0.4, 0.5) is 0 Å². The Kier molecular flexibility index (Phi) is 4.15. The van der Waals surface area contributed by atoms with Crippen LogP contribution in [0.25, 0.3) is 0 Å². The van der Waals surface area contributed by atoms with E-state index in [2.05, 4.69) is 15.1 Å². The number of likely N-dealkylation sites (tertiary alicyclic amines) is 1. The summed E-state index contributed by atoms with van der Waals surface area (Å²) in [7, 11) is 1.88. The maximum absolute atomic E-state index is 12.4. The Bertz CT molecular complexity index is 655. The molecular formula is C15H19N5O2. The molecule has 3 rings (SSSR count). The zero-order valence-electron chi connectivity index (χ0n) is 12.5. The van der Waals surface area contributed by atoms with Crippen molar-refractivity contribution in [2.45, 2.75) is 18.8 Å². The Labute approximate surface area is 128 Å². The smallest absolute Gasteiger partial charge is 0.274 e. The van der Waals surface area contributed by atoms with Gasteiger partial charge in [0.25, 0.3) is 5.91 Å². The van der Waals surface area contributed by atoms with E-state index in [-0.39, 0.29) is 18.4 Å². The summed E-state index contributed by atoms with van der Waals surface area (Å²) >= 11 is 0. The molecular weight excluding hydrogens is 282 g/mol. The lowest BCUT2D eigenvalue weighted by molar-refractivity contribution is 0.0784. The van der Waals surface area contributed by atoms with Gasteiger partial charge in [0.15, 0.2) is 0 Å². The van der Waals surface area contributed by atoms with Crippen LogP contribution in [-0.2, 0) is 13.5 Å². The average Bonchev–Trinajstić information content (AvgIpc) is 3.15. The number of aliphatic hydroxyl groups is 1. The van der Waals surface area contributed by atoms with Gasteiger partial charge in [0.2, 0.25) is 0 Å². The van der Waals surface area contributed by atoms with E-state index in [1.54, 1.807) is 15.8 Å². The lowest BCUT2D eigenvalue weighted by Gasteiger charge is -2.15. The fourth-order valence-corrected chi connectivity index (χ4v) is 2.84. The van der Waals surface area contributed by atoms with Gasteiger partial charge in [-0.05, 0) is 12.5 Å². The number of rotatable bonds is 4. The van der Waals surface area contributed by atoms with Gasteiger partial charge < -0.3 is 10.0 Å². The molecule has 0 bridgehead atoms. The Hall–Kier alpha value is -2.28. The van der Waals surface area contributed by atoms with Crippen LogP contribution in [0.3, 0.4) is 0 Å². The summed E-state index contributed by atoms with van der Waals surface area (Å²) in [5, 5.41) is 13.6. The molecule has 0 saturated carbocycles. The minimum Gasteiger partial charge on any atom is -0.396 e. The summed E-state index contributed by atoms with van der Waals surface area (Å²) < 4.78 is 1.80. The van der Waals surface area contributed by atoms with Crippen molar-refractivity contribution in [3.63, 3.8) is 0 Å². The lowest BCUT2D eigenvalue weighted by Crippen LogP contribution is -2.29. The number of carbonyl (C=O) groups excluding carboxylic acids is 1. The number of amides is 1. The molecule has 22 heavy (non-hydrogen) atoms. The zero-order valence-corrected chi connectivity index (χ0v) is 12.5. The van der Waals surface area contributed by atoms with E-state index in [9.17, 15) is 4.79 Å². The van der Waals surface area contributed by atoms with Crippen molar-refractivity contribution in [2.75, 3.05) is 19.7 Å². The highest BCUT2D eigenvalue weighted by Crippen LogP contribution is 2.27. The van der Waals surface area contributed by atoms with E-state index in [0.717, 1.165) is 17.8 Å². The van der Waals surface area contributed by atoms with E-state index < -0.39 is 0 Å². The van der Waals surface area contributed by atoms with Crippen LogP contribution in [0.1, 0.15) is 34.2 Å². The third-order valence-electron chi connectivity index (χ3n) is 4.04. The van der Waals surface area contributed by atoms with Crippen molar-refractivity contribution in [1.29, 1.82) is 0 Å². The minimum atomic E-state index is -0.0814. The van der Waals surface area contributed by atoms with E-state index in [1.165, 1.54) is 12.4 Å². The molecule has 1 saturated heterocycles. The van der Waals surface area contributed by atoms with Gasteiger partial charge in [-0.25, -0.2) is 4.98 Å². The van der Waals surface area contributed by atoms with Crippen LogP contribution in [0.15, 0.2) is 24.7 Å². The van der Waals surface area contributed by atoms with Gasteiger partial charge in [-0.15, -0.1) is 0 Å². The number of aromatic nitrogens is 4. The molecule has 1 amide bonds. The van der Waals surface area contributed by atoms with Crippen molar-refractivity contribution in [2.24, 2.45) is 7.05 Å². The van der Waals surface area contributed by atoms with Gasteiger partial charge in [0.1, 0.15) is 5.69 Å². The molecule has 1 N–H and O–H groups in total. The number of carbonyl (C=O) groups is 1. The molecule has 1 fully saturated rings. The predicted octanol–water partition coefficient (Wildman–Crippen LogP) is 0.375. The van der Waals surface area contributed by atoms with Crippen molar-refractivity contribution in [3.05, 3.63) is 41.7 Å². The lowest BCUT2D eigenvalue weighted by atomic mass is 10.0. The predicted molar refractivity (Wildman–Crippen MR) is 79.3 cm³/mol. The standard InChI is InChI=1S/C15H19N5O2/c1-19-12(3-7-21)8-13(18-19)11-2-6-20(10-11)15(22)14-9-16-4-5-17-14/h4-5,8-9,11,21H,2-3,6-7,10H2,1H3/t11-/m0/s1. The van der Waals surface area contributed by atoms with Gasteiger partial charge in [0.05, 0.1) is 11.9 Å². The average molecular weight is 301 g/mol. The first-order valence-electron chi connectivity index (χ1n) is 7.38. The first kappa shape index (κ1) is 14.6. The van der Waals surface area contributed by atoms with Crippen molar-refractivity contribution < 1.29 is 9.90 Å². The number of hydrogen-bond donors (Lipinski definition) is 1. The number of aryl methyl sites for hydroxylation is 1. The highest BCUT2D eigenvalue weighted by Gasteiger charge is 2.30. The molecule has 2 aromatic heterocycles. The van der Waals surface area contributed by atoms with Crippen molar-refractivity contribution in [1.82, 2.24) is 24.6 Å². The van der Waals surface area contributed by atoms with Gasteiger partial charge in [-0.1, -0.05) is 0 Å². The molecule has 1 aliphatic rings. The SMILES string of the molecule is Cn1nc([C@H]2CCN(C(=O)c3cnccn3)C2)cc1CCO. The fourth-order valence-electron chi connectivity index (χ4n) is 2.84. The van der Waals surface area contributed by atoms with Crippen LogP contribution in [-0.4, -0.2) is 55.4 Å². The van der Waals surface area contributed by atoms with E-state index in [4.69, 9.17) is 5.11 Å². The molecule has 0 aliphatic carbocycles. The first-order valence-corrected chi connectivity index (χ1v) is 7.38. The molecule has 0 unspecified atom stereocenters. The van der Waals surface area contributed by atoms with E-state index in [0.29, 0.717) is 25.2 Å². The summed E-state index contributed by atoms with van der Waals surface area (Å²) in [5.74, 6) is 0.154. The molecule has 3 heterocycles. The topological polar surface area (TPSA) is 84.1 Å². The van der Waals surface area contributed by atoms with Gasteiger partial charge >= 0.3 is 0 Å². The summed E-state index contributed by atoms with van der Waals surface area (Å²) in [5.41, 5.74) is 2.38. The molecule has 1 aliphatic heterocycles. The van der Waals surface area contributed by atoms with Crippen LogP contribution in [0, 0.1) is 0 Å². The summed E-state index contributed by atoms with van der Waals surface area (Å²) in [4.78, 5) is 22.2. The summed E-state index contributed by atoms with van der Waals surface area (Å²) in [6.45, 7) is 1.46. The third kappa shape index (κ3) is 2.85. The molecule has 2 aromatic rings. The van der Waals surface area contributed by atoms with Gasteiger partial charge in [0, 0.05) is 57.2 Å². The monoisotopic (exact) mass is 301 g/mol. The molecule has 7 nitrogen and oxygen atoms in total. The summed E-state index contributed by atoms with van der Waals surface area (Å²) in [6, 6.07) is 2.02. The quantitative estimate of drug-likeness (QED) is 0.882. The number of aliphatic hydroxyl groups excluding tert-OH is 1. The molecule has 7 heteroatoms. The van der Waals surface area contributed by atoms with E-state index >= 15 is 0 Å².